The van der Waals surface area contributed by atoms with Crippen LogP contribution in [0.15, 0.2) is 0 Å². The number of nitrogens with zero attached hydrogens (tertiary/aromatic N) is 1. The minimum Gasteiger partial charge on any atom is -0.459 e. The van der Waals surface area contributed by atoms with Crippen LogP contribution in [0.3, 0.4) is 0 Å². The number of esters is 2. The molecule has 3 fully saturated rings. The number of methoxy groups -OCH3 is 2. The van der Waals surface area contributed by atoms with Crippen molar-refractivity contribution in [2.24, 2.45) is 23.7 Å². The first kappa shape index (κ1) is 51.8. The Labute approximate surface area is 354 Å². The number of carbonyl (C=O) groups is 3. The van der Waals surface area contributed by atoms with E-state index in [4.69, 9.17) is 42.3 Å². The largest absolute Gasteiger partial charge is 0.459 e. The number of ether oxygens (including phenoxy) is 8. The van der Waals surface area contributed by atoms with Crippen molar-refractivity contribution in [1.29, 1.82) is 0 Å². The average molecular weight is 862 g/mol. The lowest BCUT2D eigenvalue weighted by atomic mass is 9.74. The Balaban J connectivity index is 2.28. The molecule has 0 aromatic carbocycles. The molecular formula is C43H79NO14Si. The lowest BCUT2D eigenvalue weighted by molar-refractivity contribution is -0.319. The fourth-order valence-corrected chi connectivity index (χ4v) is 10.7. The van der Waals surface area contributed by atoms with Crippen LogP contribution in [0.25, 0.3) is 0 Å². The van der Waals surface area contributed by atoms with Gasteiger partial charge in [0.05, 0.1) is 59.8 Å². The van der Waals surface area contributed by atoms with Crippen molar-refractivity contribution in [2.45, 2.75) is 206 Å². The standard InChI is InChI=1S/C43H79NO14Si/c1-19-31-43(11,49)36(47)25(4)33(46)23(2)21-41(9,50-14)37(57-40-35(54-29(8)45)30(44(12)13)20-24(3)52-40)26(5)34(27(6)39(48)55-31)56-32-22-42(10,51-15)38(28(7)53-32)58-59(16,17)18/h23-28,30-32,34-38,40,47,49H,19-22H2,1-18H3/t23-,24-,25+,26+,27-,28+,30+,31-,32+,34+,35-,36-,37-,38+,40+,41-,42-,43-/m1/s1. The number of aliphatic hydroxyl groups excluding tert-OH is 1. The Morgan fingerprint density at radius 3 is 1.97 bits per heavy atom. The molecule has 0 amide bonds. The van der Waals surface area contributed by atoms with E-state index in [1.165, 1.54) is 21.0 Å². The molecule has 59 heavy (non-hydrogen) atoms. The van der Waals surface area contributed by atoms with Gasteiger partial charge in [0.1, 0.15) is 17.5 Å². The quantitative estimate of drug-likeness (QED) is 0.212. The molecule has 16 heteroatoms. The summed E-state index contributed by atoms with van der Waals surface area (Å²) in [4.78, 5) is 43.2. The predicted molar refractivity (Wildman–Crippen MR) is 223 cm³/mol. The van der Waals surface area contributed by atoms with Crippen molar-refractivity contribution in [3.05, 3.63) is 0 Å². The maximum atomic E-state index is 14.5. The monoisotopic (exact) mass is 862 g/mol. The highest BCUT2D eigenvalue weighted by Crippen LogP contribution is 2.43. The molecule has 3 saturated heterocycles. The molecule has 0 aromatic rings. The molecule has 3 aliphatic heterocycles. The molecule has 0 aromatic heterocycles. The molecule has 0 radical (unpaired) electrons. The highest BCUT2D eigenvalue weighted by atomic mass is 28.4. The molecule has 3 heterocycles. The van der Waals surface area contributed by atoms with E-state index in [0.717, 1.165) is 0 Å². The van der Waals surface area contributed by atoms with Gasteiger partial charge in [-0.2, -0.15) is 0 Å². The smallest absolute Gasteiger partial charge is 0.311 e. The van der Waals surface area contributed by atoms with Gasteiger partial charge in [-0.15, -0.1) is 0 Å². The summed E-state index contributed by atoms with van der Waals surface area (Å²) in [6, 6.07) is -0.270. The zero-order valence-corrected chi connectivity index (χ0v) is 40.2. The number of ketones is 1. The molecule has 0 bridgehead atoms. The van der Waals surface area contributed by atoms with Gasteiger partial charge in [-0.05, 0) is 94.5 Å². The van der Waals surface area contributed by atoms with Crippen molar-refractivity contribution in [3.8, 4) is 0 Å². The molecule has 0 saturated carbocycles. The van der Waals surface area contributed by atoms with Crippen LogP contribution in [0.4, 0.5) is 0 Å². The predicted octanol–water partition coefficient (Wildman–Crippen LogP) is 4.87. The second-order valence-electron chi connectivity index (χ2n) is 19.4. The number of cyclic esters (lactones) is 1. The van der Waals surface area contributed by atoms with Gasteiger partial charge in [0.2, 0.25) is 0 Å². The first-order valence-corrected chi connectivity index (χ1v) is 24.9. The van der Waals surface area contributed by atoms with Crippen molar-refractivity contribution < 1.29 is 66.9 Å². The molecule has 0 spiro atoms. The van der Waals surface area contributed by atoms with Crippen LogP contribution in [-0.4, -0.2) is 154 Å². The van der Waals surface area contributed by atoms with Gasteiger partial charge in [-0.1, -0.05) is 27.7 Å². The summed E-state index contributed by atoms with van der Waals surface area (Å²) in [6.07, 6.45) is -7.63. The summed E-state index contributed by atoms with van der Waals surface area (Å²) in [5, 5.41) is 23.3. The third kappa shape index (κ3) is 12.1. The highest BCUT2D eigenvalue weighted by molar-refractivity contribution is 6.69. The summed E-state index contributed by atoms with van der Waals surface area (Å²) in [5.41, 5.74) is -4.08. The number of Topliss-reactive ketones (excluding diaryl/α,β-unsaturated/α-hetero) is 1. The van der Waals surface area contributed by atoms with E-state index in [-0.39, 0.29) is 37.2 Å². The second-order valence-corrected chi connectivity index (χ2v) is 23.9. The maximum Gasteiger partial charge on any atom is 0.311 e. The van der Waals surface area contributed by atoms with Crippen LogP contribution in [0, 0.1) is 23.7 Å². The first-order chi connectivity index (χ1) is 27.1. The minimum atomic E-state index is -2.05. The fraction of sp³-hybridized carbons (Fsp3) is 0.930. The van der Waals surface area contributed by atoms with Crippen LogP contribution >= 0.6 is 0 Å². The van der Waals surface area contributed by atoms with E-state index in [0.29, 0.717) is 6.42 Å². The number of rotatable bonds is 11. The van der Waals surface area contributed by atoms with Gasteiger partial charge >= 0.3 is 11.9 Å². The van der Waals surface area contributed by atoms with Crippen molar-refractivity contribution in [1.82, 2.24) is 4.90 Å². The van der Waals surface area contributed by atoms with Crippen molar-refractivity contribution in [3.63, 3.8) is 0 Å². The molecule has 3 rings (SSSR count). The van der Waals surface area contributed by atoms with Crippen LogP contribution in [0.2, 0.25) is 19.6 Å². The summed E-state index contributed by atoms with van der Waals surface area (Å²) in [6.45, 7) is 25.3. The van der Waals surface area contributed by atoms with Crippen molar-refractivity contribution in [2.75, 3.05) is 28.3 Å². The summed E-state index contributed by atoms with van der Waals surface area (Å²) >= 11 is 0. The second kappa shape index (κ2) is 20.3. The number of aliphatic hydroxyl groups is 2. The van der Waals surface area contributed by atoms with E-state index >= 15 is 0 Å². The normalized spacial score (nSPS) is 44.8. The topological polar surface area (TPSA) is 178 Å². The third-order valence-corrected chi connectivity index (χ3v) is 13.9. The lowest BCUT2D eigenvalue weighted by Gasteiger charge is -2.51. The van der Waals surface area contributed by atoms with E-state index < -0.39 is 116 Å². The Bertz CT molecular complexity index is 1410. The van der Waals surface area contributed by atoms with Crippen LogP contribution in [0.1, 0.15) is 102 Å². The molecule has 2 N–H and O–H groups in total. The zero-order valence-electron chi connectivity index (χ0n) is 39.2. The van der Waals surface area contributed by atoms with Crippen LogP contribution in [0.5, 0.6) is 0 Å². The van der Waals surface area contributed by atoms with E-state index in [1.807, 2.05) is 53.6 Å². The molecule has 3 aliphatic rings. The Morgan fingerprint density at radius 2 is 1.46 bits per heavy atom. The average Bonchev–Trinajstić information content (AvgIpc) is 3.14. The van der Waals surface area contributed by atoms with Gasteiger partial charge in [-0.25, -0.2) is 0 Å². The van der Waals surface area contributed by atoms with Gasteiger partial charge in [0, 0.05) is 45.3 Å². The molecule has 0 unspecified atom stereocenters. The molecule has 0 aliphatic carbocycles. The van der Waals surface area contributed by atoms with Gasteiger partial charge in [-0.3, -0.25) is 14.4 Å². The summed E-state index contributed by atoms with van der Waals surface area (Å²) in [5.74, 6) is -5.00. The van der Waals surface area contributed by atoms with Gasteiger partial charge in [0.15, 0.2) is 27.0 Å². The van der Waals surface area contributed by atoms with E-state index in [2.05, 4.69) is 19.6 Å². The zero-order chi connectivity index (χ0) is 45.2. The van der Waals surface area contributed by atoms with Crippen molar-refractivity contribution >= 4 is 26.0 Å². The van der Waals surface area contributed by atoms with E-state index in [9.17, 15) is 24.6 Å². The molecule has 18 atom stereocenters. The fourth-order valence-electron chi connectivity index (χ4n) is 9.48. The van der Waals surface area contributed by atoms with E-state index in [1.54, 1.807) is 34.8 Å². The Morgan fingerprint density at radius 1 is 0.881 bits per heavy atom. The maximum absolute atomic E-state index is 14.5. The molecular weight excluding hydrogens is 783 g/mol. The van der Waals surface area contributed by atoms with Crippen LogP contribution < -0.4 is 0 Å². The van der Waals surface area contributed by atoms with Gasteiger partial charge in [0.25, 0.3) is 0 Å². The van der Waals surface area contributed by atoms with Crippen LogP contribution in [-0.2, 0) is 56.7 Å². The Hall–Kier alpha value is -1.57. The Kier molecular flexibility index (Phi) is 17.8. The lowest BCUT2D eigenvalue weighted by Crippen LogP contribution is -2.62. The molecule has 344 valence electrons. The number of carbonyl (C=O) groups excluding carboxylic acids is 3. The first-order valence-electron chi connectivity index (χ1n) is 21.5. The number of hydrogen-bond acceptors (Lipinski definition) is 15. The number of hydrogen-bond donors (Lipinski definition) is 2. The molecule has 15 nitrogen and oxygen atoms in total. The summed E-state index contributed by atoms with van der Waals surface area (Å²) in [7, 11) is 4.91. The van der Waals surface area contributed by atoms with Gasteiger partial charge < -0.3 is 57.4 Å². The number of likely N-dealkylation sites (N-methyl/N-ethyl adjacent to an activating group) is 1. The third-order valence-electron chi connectivity index (χ3n) is 13.0. The summed E-state index contributed by atoms with van der Waals surface area (Å²) < 4.78 is 58.2. The highest BCUT2D eigenvalue weighted by Gasteiger charge is 2.55. The SMILES string of the molecule is CC[C@H]1OC(=O)[C@H](C)[C@@H](O[C@H]2C[C@@](C)(OC)[C@@H](O[Si](C)(C)C)[C@H](C)O2)[C@H](C)[C@@H](O[C@@H]2O[C@H](C)C[C@H](N(C)C)[C@H]2OC(C)=O)[C@](C)(OC)C[C@@H](C)C(=O)[C@H](C)[C@@H](O)[C@]1(C)O. The minimum absolute atomic E-state index is 0.103.